The molecule has 5 nitrogen and oxygen atoms in total. The Balaban J connectivity index is 2.02. The van der Waals surface area contributed by atoms with Crippen LogP contribution >= 0.6 is 0 Å². The number of hydrogen-bond donors (Lipinski definition) is 0. The van der Waals surface area contributed by atoms with Gasteiger partial charge in [-0.25, -0.2) is 8.42 Å². The molecule has 1 amide bonds. The van der Waals surface area contributed by atoms with Crippen LogP contribution in [0.5, 0.6) is 0 Å². The zero-order valence-electron chi connectivity index (χ0n) is 16.9. The molecule has 6 heteroatoms. The van der Waals surface area contributed by atoms with Crippen molar-refractivity contribution in [2.75, 3.05) is 20.1 Å². The highest BCUT2D eigenvalue weighted by atomic mass is 32.2. The Bertz CT molecular complexity index is 744. The Hall–Kier alpha value is -1.66. The maximum atomic E-state index is 12.5. The molecule has 0 atom stereocenters. The van der Waals surface area contributed by atoms with Crippen molar-refractivity contribution < 1.29 is 13.2 Å². The predicted octanol–water partition coefficient (Wildman–Crippen LogP) is 3.77. The SMILES string of the molecule is CCN(CC)S(=O)(=O)c1ccc(/C=C/C(=O)N(C)C2CCC(C)CC2)cc1. The van der Waals surface area contributed by atoms with Gasteiger partial charge in [-0.15, -0.1) is 0 Å². The molecule has 1 saturated carbocycles. The van der Waals surface area contributed by atoms with Crippen LogP contribution in [0.15, 0.2) is 35.2 Å². The highest BCUT2D eigenvalue weighted by molar-refractivity contribution is 7.89. The third-order valence-corrected chi connectivity index (χ3v) is 7.59. The van der Waals surface area contributed by atoms with Gasteiger partial charge in [0.05, 0.1) is 4.90 Å². The third-order valence-electron chi connectivity index (χ3n) is 5.52. The first-order chi connectivity index (χ1) is 12.8. The molecule has 27 heavy (non-hydrogen) atoms. The number of rotatable bonds is 7. The lowest BCUT2D eigenvalue weighted by Gasteiger charge is -2.33. The van der Waals surface area contributed by atoms with Gasteiger partial charge in [-0.1, -0.05) is 32.9 Å². The fourth-order valence-corrected chi connectivity index (χ4v) is 5.02. The van der Waals surface area contributed by atoms with Gasteiger partial charge >= 0.3 is 0 Å². The van der Waals surface area contributed by atoms with Crippen molar-refractivity contribution in [3.8, 4) is 0 Å². The summed E-state index contributed by atoms with van der Waals surface area (Å²) in [5.41, 5.74) is 0.813. The first-order valence-corrected chi connectivity index (χ1v) is 11.3. The molecule has 0 saturated heterocycles. The maximum Gasteiger partial charge on any atom is 0.246 e. The second-order valence-electron chi connectivity index (χ2n) is 7.35. The minimum absolute atomic E-state index is 0.00519. The lowest BCUT2D eigenvalue weighted by atomic mass is 9.87. The van der Waals surface area contributed by atoms with Gasteiger partial charge in [0.2, 0.25) is 15.9 Å². The standard InChI is InChI=1S/C21H32N2O3S/c1-5-23(6-2)27(25,26)20-14-9-18(10-15-20)11-16-21(24)22(4)19-12-7-17(3)8-13-19/h9-11,14-17,19H,5-8,12-13H2,1-4H3/b16-11+. The van der Waals surface area contributed by atoms with Crippen LogP contribution in [0.1, 0.15) is 52.0 Å². The van der Waals surface area contributed by atoms with E-state index in [9.17, 15) is 13.2 Å². The van der Waals surface area contributed by atoms with Gasteiger partial charge < -0.3 is 4.90 Å². The van der Waals surface area contributed by atoms with Crippen molar-refractivity contribution in [1.29, 1.82) is 0 Å². The average Bonchev–Trinajstić information content (AvgIpc) is 2.67. The molecule has 0 aliphatic heterocycles. The summed E-state index contributed by atoms with van der Waals surface area (Å²) in [5.74, 6) is 0.751. The van der Waals surface area contributed by atoms with Crippen molar-refractivity contribution in [3.63, 3.8) is 0 Å². The molecular weight excluding hydrogens is 360 g/mol. The van der Waals surface area contributed by atoms with Gasteiger partial charge in [-0.3, -0.25) is 4.79 Å². The van der Waals surface area contributed by atoms with E-state index < -0.39 is 10.0 Å². The molecule has 0 bridgehead atoms. The van der Waals surface area contributed by atoms with E-state index in [0.717, 1.165) is 24.3 Å². The van der Waals surface area contributed by atoms with Crippen molar-refractivity contribution in [2.24, 2.45) is 5.92 Å². The molecular formula is C21H32N2O3S. The predicted molar refractivity (Wildman–Crippen MR) is 110 cm³/mol. The van der Waals surface area contributed by atoms with Crippen molar-refractivity contribution in [2.45, 2.75) is 57.4 Å². The summed E-state index contributed by atoms with van der Waals surface area (Å²) in [6.45, 7) is 6.81. The quantitative estimate of drug-likeness (QED) is 0.664. The van der Waals surface area contributed by atoms with Crippen LogP contribution in [0.25, 0.3) is 6.08 Å². The number of sulfonamides is 1. The summed E-state index contributed by atoms with van der Waals surface area (Å²) >= 11 is 0. The van der Waals surface area contributed by atoms with Crippen LogP contribution < -0.4 is 0 Å². The number of amides is 1. The summed E-state index contributed by atoms with van der Waals surface area (Å²) in [6, 6.07) is 7.00. The van der Waals surface area contributed by atoms with E-state index >= 15 is 0 Å². The molecule has 1 aromatic carbocycles. The number of carbonyl (C=O) groups is 1. The Labute approximate surface area is 164 Å². The van der Waals surface area contributed by atoms with E-state index in [1.54, 1.807) is 36.4 Å². The maximum absolute atomic E-state index is 12.5. The van der Waals surface area contributed by atoms with Crippen LogP contribution in [0, 0.1) is 5.92 Å². The topological polar surface area (TPSA) is 57.7 Å². The highest BCUT2D eigenvalue weighted by Gasteiger charge is 2.24. The van der Waals surface area contributed by atoms with Crippen LogP contribution in [0.4, 0.5) is 0 Å². The first-order valence-electron chi connectivity index (χ1n) is 9.84. The smallest absolute Gasteiger partial charge is 0.246 e. The fourth-order valence-electron chi connectivity index (χ4n) is 3.56. The Morgan fingerprint density at radius 2 is 1.63 bits per heavy atom. The number of nitrogens with zero attached hydrogens (tertiary/aromatic N) is 2. The summed E-state index contributed by atoms with van der Waals surface area (Å²) < 4.78 is 26.4. The van der Waals surface area contributed by atoms with Gasteiger partial charge in [-0.2, -0.15) is 4.31 Å². The average molecular weight is 393 g/mol. The van der Waals surface area contributed by atoms with E-state index in [2.05, 4.69) is 6.92 Å². The summed E-state index contributed by atoms with van der Waals surface area (Å²) in [4.78, 5) is 14.5. The number of carbonyl (C=O) groups excluding carboxylic acids is 1. The lowest BCUT2D eigenvalue weighted by molar-refractivity contribution is -0.127. The molecule has 1 aliphatic carbocycles. The van der Waals surface area contributed by atoms with Gasteiger partial charge in [0.25, 0.3) is 0 Å². The molecule has 0 unspecified atom stereocenters. The van der Waals surface area contributed by atoms with Gasteiger partial charge in [0, 0.05) is 32.3 Å². The van der Waals surface area contributed by atoms with E-state index in [1.165, 1.54) is 17.1 Å². The van der Waals surface area contributed by atoms with Crippen molar-refractivity contribution >= 4 is 22.0 Å². The molecule has 2 rings (SSSR count). The summed E-state index contributed by atoms with van der Waals surface area (Å²) in [7, 11) is -1.58. The van der Waals surface area contributed by atoms with E-state index in [4.69, 9.17) is 0 Å². The lowest BCUT2D eigenvalue weighted by Crippen LogP contribution is -2.38. The monoisotopic (exact) mass is 392 g/mol. The third kappa shape index (κ3) is 5.42. The van der Waals surface area contributed by atoms with E-state index in [1.807, 2.05) is 25.8 Å². The summed E-state index contributed by atoms with van der Waals surface area (Å²) in [6.07, 6.45) is 7.80. The van der Waals surface area contributed by atoms with Crippen molar-refractivity contribution in [3.05, 3.63) is 35.9 Å². The summed E-state index contributed by atoms with van der Waals surface area (Å²) in [5, 5.41) is 0. The number of benzene rings is 1. The second kappa shape index (κ2) is 9.51. The number of likely N-dealkylation sites (N-methyl/N-ethyl adjacent to an activating group) is 1. The Morgan fingerprint density at radius 3 is 2.15 bits per heavy atom. The number of hydrogen-bond acceptors (Lipinski definition) is 3. The fraction of sp³-hybridized carbons (Fsp3) is 0.571. The molecule has 1 aromatic rings. The van der Waals surface area contributed by atoms with Gasteiger partial charge in [0.15, 0.2) is 0 Å². The van der Waals surface area contributed by atoms with Crippen LogP contribution in [0.2, 0.25) is 0 Å². The van der Waals surface area contributed by atoms with Crippen LogP contribution in [-0.4, -0.2) is 49.7 Å². The largest absolute Gasteiger partial charge is 0.339 e. The van der Waals surface area contributed by atoms with Crippen molar-refractivity contribution in [1.82, 2.24) is 9.21 Å². The van der Waals surface area contributed by atoms with Gasteiger partial charge in [0.1, 0.15) is 0 Å². The molecule has 0 N–H and O–H groups in total. The molecule has 1 fully saturated rings. The Kier molecular flexibility index (Phi) is 7.62. The van der Waals surface area contributed by atoms with E-state index in [-0.39, 0.29) is 10.8 Å². The van der Waals surface area contributed by atoms with E-state index in [0.29, 0.717) is 19.1 Å². The minimum atomic E-state index is -3.45. The zero-order chi connectivity index (χ0) is 20.0. The van der Waals surface area contributed by atoms with Gasteiger partial charge in [-0.05, 0) is 55.4 Å². The van der Waals surface area contributed by atoms with Crippen LogP contribution in [-0.2, 0) is 14.8 Å². The normalized spacial score (nSPS) is 20.9. The molecule has 0 aromatic heterocycles. The molecule has 1 aliphatic rings. The molecule has 0 heterocycles. The zero-order valence-corrected chi connectivity index (χ0v) is 17.7. The second-order valence-corrected chi connectivity index (χ2v) is 9.29. The Morgan fingerprint density at radius 1 is 1.07 bits per heavy atom. The molecule has 0 radical (unpaired) electrons. The minimum Gasteiger partial charge on any atom is -0.339 e. The molecule has 0 spiro atoms. The highest BCUT2D eigenvalue weighted by Crippen LogP contribution is 2.26. The molecule has 150 valence electrons. The first kappa shape index (κ1) is 21.6. The van der Waals surface area contributed by atoms with Crippen LogP contribution in [0.3, 0.4) is 0 Å².